The first kappa shape index (κ1) is 29.2. The van der Waals surface area contributed by atoms with Crippen molar-refractivity contribution in [2.24, 2.45) is 5.92 Å². The molecule has 1 atom stereocenters. The highest BCUT2D eigenvalue weighted by atomic mass is 19.1. The van der Waals surface area contributed by atoms with Crippen LogP contribution in [0.5, 0.6) is 0 Å². The number of amides is 1. The van der Waals surface area contributed by atoms with Crippen LogP contribution in [-0.4, -0.2) is 46.8 Å². The number of nitrogens with one attached hydrogen (secondary N) is 1. The lowest BCUT2D eigenvalue weighted by Gasteiger charge is -2.32. The van der Waals surface area contributed by atoms with Crippen molar-refractivity contribution in [1.82, 2.24) is 14.7 Å². The fourth-order valence-corrected chi connectivity index (χ4v) is 5.38. The van der Waals surface area contributed by atoms with Crippen LogP contribution in [0.4, 0.5) is 14.5 Å². The Kier molecular flexibility index (Phi) is 9.90. The fourth-order valence-electron chi connectivity index (χ4n) is 5.38. The van der Waals surface area contributed by atoms with Gasteiger partial charge in [0.2, 0.25) is 0 Å². The molecule has 1 aromatic heterocycles. The van der Waals surface area contributed by atoms with Gasteiger partial charge >= 0.3 is 5.97 Å². The summed E-state index contributed by atoms with van der Waals surface area (Å²) in [5.74, 6) is -1.41. The van der Waals surface area contributed by atoms with Gasteiger partial charge in [-0.25, -0.2) is 13.5 Å². The SMILES string of the molecule is CCOC(=O)CCN(C)C(=O)c1ccc(NC(c2cn(-c3cc(F)cc(F)c3)nc2CC)C2CCCCC2)cc1. The van der Waals surface area contributed by atoms with Crippen molar-refractivity contribution >= 4 is 17.6 Å². The molecule has 0 saturated heterocycles. The topological polar surface area (TPSA) is 76.5 Å². The highest BCUT2D eigenvalue weighted by Crippen LogP contribution is 2.38. The van der Waals surface area contributed by atoms with Crippen molar-refractivity contribution in [2.45, 2.75) is 64.8 Å². The third-order valence-corrected chi connectivity index (χ3v) is 7.48. The largest absolute Gasteiger partial charge is 0.466 e. The molecule has 1 amide bonds. The second-order valence-electron chi connectivity index (χ2n) is 10.3. The van der Waals surface area contributed by atoms with Gasteiger partial charge < -0.3 is 15.0 Å². The number of aromatic nitrogens is 2. The summed E-state index contributed by atoms with van der Waals surface area (Å²) in [4.78, 5) is 26.0. The number of esters is 1. The summed E-state index contributed by atoms with van der Waals surface area (Å²) in [6.45, 7) is 4.37. The van der Waals surface area contributed by atoms with Gasteiger partial charge in [-0.1, -0.05) is 26.2 Å². The minimum Gasteiger partial charge on any atom is -0.466 e. The van der Waals surface area contributed by atoms with Crippen LogP contribution in [0.15, 0.2) is 48.7 Å². The van der Waals surface area contributed by atoms with Gasteiger partial charge in [0.1, 0.15) is 11.6 Å². The molecule has 1 aliphatic carbocycles. The first-order valence-electron chi connectivity index (χ1n) is 14.1. The number of anilines is 1. The van der Waals surface area contributed by atoms with Crippen LogP contribution < -0.4 is 5.32 Å². The van der Waals surface area contributed by atoms with Crippen molar-refractivity contribution in [3.05, 3.63) is 77.1 Å². The van der Waals surface area contributed by atoms with E-state index in [9.17, 15) is 18.4 Å². The smallest absolute Gasteiger partial charge is 0.307 e. The van der Waals surface area contributed by atoms with E-state index in [-0.39, 0.29) is 30.9 Å². The van der Waals surface area contributed by atoms with Gasteiger partial charge in [0.25, 0.3) is 5.91 Å². The summed E-state index contributed by atoms with van der Waals surface area (Å²) in [6.07, 6.45) is 8.37. The van der Waals surface area contributed by atoms with Crippen molar-refractivity contribution in [2.75, 3.05) is 25.5 Å². The van der Waals surface area contributed by atoms with E-state index in [0.717, 1.165) is 48.7 Å². The minimum absolute atomic E-state index is 0.0452. The summed E-state index contributed by atoms with van der Waals surface area (Å²) in [6, 6.07) is 10.7. The van der Waals surface area contributed by atoms with E-state index in [1.54, 1.807) is 30.8 Å². The van der Waals surface area contributed by atoms with Crippen molar-refractivity contribution in [3.63, 3.8) is 0 Å². The van der Waals surface area contributed by atoms with Gasteiger partial charge in [-0.2, -0.15) is 5.10 Å². The van der Waals surface area contributed by atoms with Crippen LogP contribution in [0.2, 0.25) is 0 Å². The molecule has 1 saturated carbocycles. The highest BCUT2D eigenvalue weighted by molar-refractivity contribution is 5.94. The molecule has 1 unspecified atom stereocenters. The molecule has 1 heterocycles. The van der Waals surface area contributed by atoms with E-state index in [1.807, 2.05) is 25.3 Å². The first-order chi connectivity index (χ1) is 19.3. The summed E-state index contributed by atoms with van der Waals surface area (Å²) in [5, 5.41) is 8.39. The number of halogens is 2. The number of carbonyl (C=O) groups is 2. The standard InChI is InChI=1S/C31H38F2N4O3/c1-4-28-27(20-37(35-28)26-18-23(32)17-24(33)19-26)30(21-9-7-6-8-10-21)34-25-13-11-22(12-14-25)31(39)36(3)16-15-29(38)40-5-2/h11-14,17-21,30,34H,4-10,15-16H2,1-3H3. The quantitative estimate of drug-likeness (QED) is 0.276. The lowest BCUT2D eigenvalue weighted by atomic mass is 9.81. The minimum atomic E-state index is -0.645. The number of ether oxygens (including phenoxy) is 1. The molecular formula is C31H38F2N4O3. The lowest BCUT2D eigenvalue weighted by Crippen LogP contribution is -2.29. The van der Waals surface area contributed by atoms with Gasteiger partial charge in [0.05, 0.1) is 30.5 Å². The molecule has 1 N–H and O–H groups in total. The fraction of sp³-hybridized carbons (Fsp3) is 0.452. The Morgan fingerprint density at radius 1 is 1.07 bits per heavy atom. The number of carbonyl (C=O) groups excluding carboxylic acids is 2. The Balaban J connectivity index is 1.55. The number of benzene rings is 2. The summed E-state index contributed by atoms with van der Waals surface area (Å²) in [7, 11) is 1.67. The molecule has 2 aromatic carbocycles. The Labute approximate surface area is 234 Å². The van der Waals surface area contributed by atoms with E-state index in [2.05, 4.69) is 5.32 Å². The predicted molar refractivity (Wildman–Crippen MR) is 150 cm³/mol. The molecule has 0 radical (unpaired) electrons. The van der Waals surface area contributed by atoms with Gasteiger partial charge in [-0.05, 0) is 68.5 Å². The number of hydrogen-bond donors (Lipinski definition) is 1. The van der Waals surface area contributed by atoms with Crippen LogP contribution in [0.1, 0.15) is 80.0 Å². The molecule has 9 heteroatoms. The van der Waals surface area contributed by atoms with Crippen LogP contribution in [0.3, 0.4) is 0 Å². The molecule has 3 aromatic rings. The predicted octanol–water partition coefficient (Wildman–Crippen LogP) is 6.47. The van der Waals surface area contributed by atoms with Crippen molar-refractivity contribution in [3.8, 4) is 5.69 Å². The monoisotopic (exact) mass is 552 g/mol. The molecule has 4 rings (SSSR count). The Hall–Kier alpha value is -3.75. The number of aryl methyl sites for hydroxylation is 1. The number of rotatable bonds is 11. The highest BCUT2D eigenvalue weighted by Gasteiger charge is 2.29. The molecule has 1 fully saturated rings. The summed E-state index contributed by atoms with van der Waals surface area (Å²) >= 11 is 0. The lowest BCUT2D eigenvalue weighted by molar-refractivity contribution is -0.143. The third-order valence-electron chi connectivity index (χ3n) is 7.48. The summed E-state index contributed by atoms with van der Waals surface area (Å²) < 4.78 is 34.4. The van der Waals surface area contributed by atoms with Gasteiger partial charge in [-0.15, -0.1) is 0 Å². The molecule has 0 bridgehead atoms. The molecule has 7 nitrogen and oxygen atoms in total. The average Bonchev–Trinajstić information content (AvgIpc) is 3.39. The number of hydrogen-bond acceptors (Lipinski definition) is 5. The first-order valence-corrected chi connectivity index (χ1v) is 14.1. The van der Waals surface area contributed by atoms with Crippen molar-refractivity contribution in [1.29, 1.82) is 0 Å². The maximum atomic E-state index is 13.9. The second kappa shape index (κ2) is 13.5. The number of nitrogens with zero attached hydrogens (tertiary/aromatic N) is 3. The average molecular weight is 553 g/mol. The van der Waals surface area contributed by atoms with Gasteiger partial charge in [0, 0.05) is 42.7 Å². The van der Waals surface area contributed by atoms with Crippen molar-refractivity contribution < 1.29 is 23.1 Å². The third kappa shape index (κ3) is 7.25. The van der Waals surface area contributed by atoms with Gasteiger partial charge in [0.15, 0.2) is 0 Å². The Morgan fingerprint density at radius 3 is 2.38 bits per heavy atom. The van der Waals surface area contributed by atoms with Gasteiger partial charge in [-0.3, -0.25) is 9.59 Å². The molecule has 214 valence electrons. The zero-order valence-corrected chi connectivity index (χ0v) is 23.5. The summed E-state index contributed by atoms with van der Waals surface area (Å²) in [5.41, 5.74) is 3.63. The van der Waals surface area contributed by atoms with Crippen LogP contribution >= 0.6 is 0 Å². The van der Waals surface area contributed by atoms with Crippen LogP contribution in [0, 0.1) is 17.6 Å². The molecule has 1 aliphatic rings. The molecular weight excluding hydrogens is 514 g/mol. The van der Waals surface area contributed by atoms with E-state index >= 15 is 0 Å². The normalized spacial score (nSPS) is 14.5. The zero-order chi connectivity index (χ0) is 28.6. The second-order valence-corrected chi connectivity index (χ2v) is 10.3. The van der Waals surface area contributed by atoms with E-state index in [0.29, 0.717) is 30.2 Å². The molecule has 0 spiro atoms. The Bertz CT molecular complexity index is 1280. The molecule has 40 heavy (non-hydrogen) atoms. The maximum Gasteiger partial charge on any atom is 0.307 e. The van der Waals surface area contributed by atoms with E-state index < -0.39 is 11.6 Å². The molecule has 0 aliphatic heterocycles. The van der Waals surface area contributed by atoms with E-state index in [1.165, 1.54) is 23.5 Å². The van der Waals surface area contributed by atoms with E-state index in [4.69, 9.17) is 9.84 Å². The van der Waals surface area contributed by atoms with Crippen LogP contribution in [0.25, 0.3) is 5.69 Å². The maximum absolute atomic E-state index is 13.9. The Morgan fingerprint density at radius 2 is 1.75 bits per heavy atom. The van der Waals surface area contributed by atoms with Crippen LogP contribution in [-0.2, 0) is 16.0 Å². The zero-order valence-electron chi connectivity index (χ0n) is 23.5.